The topological polar surface area (TPSA) is 46.9 Å². The van der Waals surface area contributed by atoms with Gasteiger partial charge in [0.15, 0.2) is 0 Å². The van der Waals surface area contributed by atoms with E-state index in [1.54, 1.807) is 25.1 Å². The lowest BCUT2D eigenvalue weighted by Gasteiger charge is -2.02. The highest BCUT2D eigenvalue weighted by atomic mass is 35.5. The number of amides is 1. The number of aromatic nitrogens is 2. The number of rotatable bonds is 4. The van der Waals surface area contributed by atoms with Gasteiger partial charge < -0.3 is 5.32 Å². The summed E-state index contributed by atoms with van der Waals surface area (Å²) in [6.45, 7) is 4.20. The minimum absolute atomic E-state index is 0.192. The monoisotopic (exact) mass is 307 g/mol. The highest BCUT2D eigenvalue weighted by Crippen LogP contribution is 2.24. The summed E-state index contributed by atoms with van der Waals surface area (Å²) < 4.78 is 14.5. The van der Waals surface area contributed by atoms with Crippen molar-refractivity contribution in [2.45, 2.75) is 13.8 Å². The fourth-order valence-electron chi connectivity index (χ4n) is 1.85. The van der Waals surface area contributed by atoms with Crippen molar-refractivity contribution in [1.82, 2.24) is 15.1 Å². The van der Waals surface area contributed by atoms with Crippen molar-refractivity contribution >= 4 is 23.6 Å². The number of likely N-dealkylation sites (N-methyl/N-ethyl adjacent to an activating group) is 1. The van der Waals surface area contributed by atoms with Crippen molar-refractivity contribution in [2.75, 3.05) is 6.54 Å². The van der Waals surface area contributed by atoms with Gasteiger partial charge in [0.05, 0.1) is 11.4 Å². The number of benzene rings is 1. The molecule has 0 spiro atoms. The molecule has 4 nitrogen and oxygen atoms in total. The summed E-state index contributed by atoms with van der Waals surface area (Å²) in [4.78, 5) is 11.4. The van der Waals surface area contributed by atoms with Crippen LogP contribution in [0.5, 0.6) is 0 Å². The summed E-state index contributed by atoms with van der Waals surface area (Å²) in [6.07, 6.45) is 3.03. The Morgan fingerprint density at radius 3 is 2.71 bits per heavy atom. The van der Waals surface area contributed by atoms with Crippen LogP contribution in [0, 0.1) is 12.7 Å². The first-order valence-corrected chi connectivity index (χ1v) is 6.87. The van der Waals surface area contributed by atoms with Gasteiger partial charge in [-0.2, -0.15) is 5.10 Å². The van der Waals surface area contributed by atoms with Crippen LogP contribution in [0.15, 0.2) is 30.3 Å². The van der Waals surface area contributed by atoms with E-state index >= 15 is 0 Å². The summed E-state index contributed by atoms with van der Waals surface area (Å²) in [5.41, 5.74) is 2.00. The molecule has 2 aromatic rings. The maximum absolute atomic E-state index is 13.0. The van der Waals surface area contributed by atoms with Crippen LogP contribution in [0.25, 0.3) is 11.8 Å². The molecule has 0 saturated heterocycles. The van der Waals surface area contributed by atoms with Crippen molar-refractivity contribution in [3.05, 3.63) is 52.6 Å². The van der Waals surface area contributed by atoms with Gasteiger partial charge in [-0.05, 0) is 44.2 Å². The molecule has 1 aromatic heterocycles. The SMILES string of the molecule is CCNC(=O)/C=C/c1c(C)nn(-c2ccc(F)cc2)c1Cl. The first-order valence-electron chi connectivity index (χ1n) is 6.50. The van der Waals surface area contributed by atoms with Crippen molar-refractivity contribution in [1.29, 1.82) is 0 Å². The van der Waals surface area contributed by atoms with Crippen molar-refractivity contribution in [3.8, 4) is 5.69 Å². The Kier molecular flexibility index (Phi) is 4.75. The molecule has 0 unspecified atom stereocenters. The minimum atomic E-state index is -0.324. The lowest BCUT2D eigenvalue weighted by molar-refractivity contribution is -0.116. The minimum Gasteiger partial charge on any atom is -0.353 e. The molecular formula is C15H15ClFN3O. The Hall–Kier alpha value is -2.14. The summed E-state index contributed by atoms with van der Waals surface area (Å²) in [5, 5.41) is 7.35. The van der Waals surface area contributed by atoms with Crippen LogP contribution < -0.4 is 5.32 Å². The van der Waals surface area contributed by atoms with Gasteiger partial charge in [0.1, 0.15) is 11.0 Å². The van der Waals surface area contributed by atoms with E-state index in [1.807, 2.05) is 6.92 Å². The van der Waals surface area contributed by atoms with E-state index in [2.05, 4.69) is 10.4 Å². The summed E-state index contributed by atoms with van der Waals surface area (Å²) in [5.74, 6) is -0.516. The Labute approximate surface area is 127 Å². The summed E-state index contributed by atoms with van der Waals surface area (Å²) in [7, 11) is 0. The van der Waals surface area contributed by atoms with Gasteiger partial charge in [0.25, 0.3) is 0 Å². The smallest absolute Gasteiger partial charge is 0.243 e. The Morgan fingerprint density at radius 2 is 2.10 bits per heavy atom. The van der Waals surface area contributed by atoms with Crippen LogP contribution in [-0.4, -0.2) is 22.2 Å². The first kappa shape index (κ1) is 15.3. The van der Waals surface area contributed by atoms with Gasteiger partial charge in [0, 0.05) is 18.2 Å². The number of carbonyl (C=O) groups is 1. The first-order chi connectivity index (χ1) is 10.0. The standard InChI is InChI=1S/C15H15ClFN3O/c1-3-18-14(21)9-8-13-10(2)19-20(15(13)16)12-6-4-11(17)5-7-12/h4-9H,3H2,1-2H3,(H,18,21)/b9-8+. The molecule has 0 atom stereocenters. The van der Waals surface area contributed by atoms with Crippen LogP contribution in [0.1, 0.15) is 18.2 Å². The molecule has 1 aromatic carbocycles. The molecule has 110 valence electrons. The van der Waals surface area contributed by atoms with Gasteiger partial charge in [-0.3, -0.25) is 4.79 Å². The molecule has 1 heterocycles. The van der Waals surface area contributed by atoms with Crippen molar-refractivity contribution < 1.29 is 9.18 Å². The van der Waals surface area contributed by atoms with Gasteiger partial charge >= 0.3 is 0 Å². The van der Waals surface area contributed by atoms with Crippen LogP contribution in [0.4, 0.5) is 4.39 Å². The van der Waals surface area contributed by atoms with Gasteiger partial charge in [-0.1, -0.05) is 11.6 Å². The second-order valence-corrected chi connectivity index (χ2v) is 4.76. The average molecular weight is 308 g/mol. The number of hydrogen-bond acceptors (Lipinski definition) is 2. The number of aryl methyl sites for hydroxylation is 1. The van der Waals surface area contributed by atoms with E-state index in [-0.39, 0.29) is 11.7 Å². The second kappa shape index (κ2) is 6.54. The van der Waals surface area contributed by atoms with E-state index in [0.717, 1.165) is 0 Å². The number of carbonyl (C=O) groups excluding carboxylic acids is 1. The van der Waals surface area contributed by atoms with Crippen LogP contribution in [-0.2, 0) is 4.79 Å². The maximum Gasteiger partial charge on any atom is 0.243 e. The zero-order valence-electron chi connectivity index (χ0n) is 11.7. The fourth-order valence-corrected chi connectivity index (χ4v) is 2.18. The Balaban J connectivity index is 2.33. The zero-order chi connectivity index (χ0) is 15.4. The Bertz CT molecular complexity index is 677. The van der Waals surface area contributed by atoms with Crippen molar-refractivity contribution in [2.24, 2.45) is 0 Å². The van der Waals surface area contributed by atoms with Crippen LogP contribution in [0.3, 0.4) is 0 Å². The number of nitrogens with zero attached hydrogens (tertiary/aromatic N) is 2. The van der Waals surface area contributed by atoms with E-state index in [9.17, 15) is 9.18 Å². The normalized spacial score (nSPS) is 11.0. The highest BCUT2D eigenvalue weighted by molar-refractivity contribution is 6.31. The van der Waals surface area contributed by atoms with Gasteiger partial charge in [-0.15, -0.1) is 0 Å². The number of halogens is 2. The largest absolute Gasteiger partial charge is 0.353 e. The molecule has 6 heteroatoms. The fraction of sp³-hybridized carbons (Fsp3) is 0.200. The Morgan fingerprint density at radius 1 is 1.43 bits per heavy atom. The molecule has 1 N–H and O–H groups in total. The van der Waals surface area contributed by atoms with Crippen LogP contribution in [0.2, 0.25) is 5.15 Å². The molecule has 0 aliphatic heterocycles. The van der Waals surface area contributed by atoms with Gasteiger partial charge in [0.2, 0.25) is 5.91 Å². The number of hydrogen-bond donors (Lipinski definition) is 1. The molecule has 0 radical (unpaired) electrons. The third-order valence-corrected chi connectivity index (χ3v) is 3.24. The molecule has 0 aliphatic carbocycles. The molecule has 0 bridgehead atoms. The lowest BCUT2D eigenvalue weighted by Crippen LogP contribution is -2.19. The van der Waals surface area contributed by atoms with E-state index < -0.39 is 0 Å². The zero-order valence-corrected chi connectivity index (χ0v) is 12.5. The van der Waals surface area contributed by atoms with Gasteiger partial charge in [-0.25, -0.2) is 9.07 Å². The summed E-state index contributed by atoms with van der Waals surface area (Å²) >= 11 is 6.29. The second-order valence-electron chi connectivity index (χ2n) is 4.41. The highest BCUT2D eigenvalue weighted by Gasteiger charge is 2.12. The third-order valence-electron chi connectivity index (χ3n) is 2.87. The molecule has 1 amide bonds. The quantitative estimate of drug-likeness (QED) is 0.882. The van der Waals surface area contributed by atoms with E-state index in [1.165, 1.54) is 22.9 Å². The molecule has 2 rings (SSSR count). The average Bonchev–Trinajstić information content (AvgIpc) is 2.73. The van der Waals surface area contributed by atoms with Crippen molar-refractivity contribution in [3.63, 3.8) is 0 Å². The third kappa shape index (κ3) is 3.49. The molecule has 21 heavy (non-hydrogen) atoms. The van der Waals surface area contributed by atoms with E-state index in [4.69, 9.17) is 11.6 Å². The predicted molar refractivity (Wildman–Crippen MR) is 81.0 cm³/mol. The predicted octanol–water partition coefficient (Wildman–Crippen LogP) is 3.12. The summed E-state index contributed by atoms with van der Waals surface area (Å²) in [6, 6.07) is 5.86. The molecule has 0 aliphatic rings. The molecule has 0 saturated carbocycles. The maximum atomic E-state index is 13.0. The molecular weight excluding hydrogens is 293 g/mol. The molecule has 0 fully saturated rings. The van der Waals surface area contributed by atoms with E-state index in [0.29, 0.717) is 28.6 Å². The number of nitrogens with one attached hydrogen (secondary N) is 1. The lowest BCUT2D eigenvalue weighted by atomic mass is 10.2. The van der Waals surface area contributed by atoms with Crippen LogP contribution >= 0.6 is 11.6 Å².